The lowest BCUT2D eigenvalue weighted by molar-refractivity contribution is 0.744. The monoisotopic (exact) mass is 305 g/mol. The zero-order valence-corrected chi connectivity index (χ0v) is 9.57. The number of hydrogen-bond acceptors (Lipinski definition) is 4. The third kappa shape index (κ3) is 1.27. The van der Waals surface area contributed by atoms with Crippen LogP contribution in [0.2, 0.25) is 0 Å². The number of nitrogens with zero attached hydrogens (tertiary/aromatic N) is 3. The van der Waals surface area contributed by atoms with Gasteiger partial charge in [-0.15, -0.1) is 0 Å². The predicted molar refractivity (Wildman–Crippen MR) is 61.0 cm³/mol. The summed E-state index contributed by atoms with van der Waals surface area (Å²) in [5.74, 6) is 0.309. The number of rotatable bonds is 1. The molecule has 2 rings (SSSR count). The highest BCUT2D eigenvalue weighted by Gasteiger charge is 2.10. The van der Waals surface area contributed by atoms with Crippen molar-refractivity contribution >= 4 is 39.6 Å². The zero-order valence-electron chi connectivity index (χ0n) is 7.41. The maximum Gasteiger partial charge on any atom is 0.327 e. The highest BCUT2D eigenvalue weighted by Crippen LogP contribution is 2.14. The summed E-state index contributed by atoms with van der Waals surface area (Å²) < 4.78 is 2.06. The first-order chi connectivity index (χ1) is 6.63. The van der Waals surface area contributed by atoms with Crippen molar-refractivity contribution in [2.45, 2.75) is 13.5 Å². The molecule has 0 atom stereocenters. The normalized spacial score (nSPS) is 11.0. The van der Waals surface area contributed by atoms with Crippen molar-refractivity contribution in [3.8, 4) is 0 Å². The molecule has 0 saturated heterocycles. The molecular weight excluding hydrogens is 297 g/mol. The van der Waals surface area contributed by atoms with Crippen LogP contribution in [-0.2, 0) is 6.54 Å². The van der Waals surface area contributed by atoms with Crippen molar-refractivity contribution in [3.05, 3.63) is 14.3 Å². The van der Waals surface area contributed by atoms with Gasteiger partial charge in [-0.3, -0.25) is 4.57 Å². The number of H-pyrrole nitrogens is 1. The number of halogens is 1. The first-order valence-electron chi connectivity index (χ1n) is 4.05. The van der Waals surface area contributed by atoms with Gasteiger partial charge in [-0.2, -0.15) is 0 Å². The topological polar surface area (TPSA) is 89.6 Å². The minimum atomic E-state index is -0.203. The molecule has 74 valence electrons. The molecule has 0 unspecified atom stereocenters. The Morgan fingerprint density at radius 2 is 2.29 bits per heavy atom. The van der Waals surface area contributed by atoms with E-state index in [1.165, 1.54) is 4.57 Å². The molecule has 0 aliphatic heterocycles. The lowest BCUT2D eigenvalue weighted by Gasteiger charge is -1.98. The second-order valence-electron chi connectivity index (χ2n) is 2.75. The molecule has 0 aliphatic carbocycles. The summed E-state index contributed by atoms with van der Waals surface area (Å²) in [7, 11) is 0. The van der Waals surface area contributed by atoms with E-state index in [-0.39, 0.29) is 5.69 Å². The average molecular weight is 305 g/mol. The van der Waals surface area contributed by atoms with Crippen molar-refractivity contribution in [2.75, 3.05) is 5.73 Å². The van der Waals surface area contributed by atoms with Crippen LogP contribution in [0.15, 0.2) is 4.79 Å². The Hall–Kier alpha value is -1.12. The van der Waals surface area contributed by atoms with Gasteiger partial charge in [0, 0.05) is 29.1 Å². The van der Waals surface area contributed by atoms with Gasteiger partial charge in [0.05, 0.1) is 0 Å². The van der Waals surface area contributed by atoms with Crippen molar-refractivity contribution in [3.63, 3.8) is 0 Å². The van der Waals surface area contributed by atoms with Crippen LogP contribution >= 0.6 is 22.6 Å². The second kappa shape index (κ2) is 3.23. The summed E-state index contributed by atoms with van der Waals surface area (Å²) in [6.07, 6.45) is 0. The largest absolute Gasteiger partial charge is 0.382 e. The molecule has 2 aromatic heterocycles. The SMILES string of the molecule is CCn1c(=O)[nH]c2c(N)nc(I)nc21. The minimum absolute atomic E-state index is 0.203. The molecule has 2 heterocycles. The maximum absolute atomic E-state index is 11.4. The van der Waals surface area contributed by atoms with Crippen LogP contribution in [0.3, 0.4) is 0 Å². The van der Waals surface area contributed by atoms with Crippen LogP contribution in [0.5, 0.6) is 0 Å². The number of hydrogen-bond donors (Lipinski definition) is 2. The molecular formula is C7H8IN5O. The molecule has 2 aromatic rings. The molecule has 0 aliphatic rings. The quantitative estimate of drug-likeness (QED) is 0.587. The lowest BCUT2D eigenvalue weighted by atomic mass is 10.5. The number of fused-ring (bicyclic) bond motifs is 1. The van der Waals surface area contributed by atoms with Gasteiger partial charge in [0.2, 0.25) is 0 Å². The molecule has 0 radical (unpaired) electrons. The van der Waals surface area contributed by atoms with Crippen LogP contribution in [0.25, 0.3) is 11.2 Å². The molecule has 0 aromatic carbocycles. The molecule has 6 nitrogen and oxygen atoms in total. The van der Waals surface area contributed by atoms with Crippen LogP contribution in [-0.4, -0.2) is 19.5 Å². The molecule has 0 amide bonds. The second-order valence-corrected chi connectivity index (χ2v) is 3.72. The fraction of sp³-hybridized carbons (Fsp3) is 0.286. The smallest absolute Gasteiger partial charge is 0.327 e. The van der Waals surface area contributed by atoms with Crippen LogP contribution in [0.4, 0.5) is 5.82 Å². The van der Waals surface area contributed by atoms with E-state index < -0.39 is 0 Å². The Kier molecular flexibility index (Phi) is 2.17. The molecule has 7 heteroatoms. The third-order valence-corrected chi connectivity index (χ3v) is 2.42. The fourth-order valence-corrected chi connectivity index (χ4v) is 1.81. The number of anilines is 1. The minimum Gasteiger partial charge on any atom is -0.382 e. The van der Waals surface area contributed by atoms with Gasteiger partial charge in [0.25, 0.3) is 0 Å². The van der Waals surface area contributed by atoms with Gasteiger partial charge in [-0.1, -0.05) is 0 Å². The van der Waals surface area contributed by atoms with E-state index in [0.717, 1.165) is 0 Å². The Bertz CT molecular complexity index is 543. The summed E-state index contributed by atoms with van der Waals surface area (Å²) in [5.41, 5.74) is 6.53. The Balaban J connectivity index is 2.95. The number of aryl methyl sites for hydroxylation is 1. The van der Waals surface area contributed by atoms with Gasteiger partial charge in [-0.25, -0.2) is 14.8 Å². The van der Waals surface area contributed by atoms with E-state index in [0.29, 0.717) is 27.4 Å². The fourth-order valence-electron chi connectivity index (χ4n) is 1.32. The Labute approximate surface area is 92.7 Å². The van der Waals surface area contributed by atoms with Gasteiger partial charge >= 0.3 is 5.69 Å². The number of nitrogen functional groups attached to an aromatic ring is 1. The molecule has 3 N–H and O–H groups in total. The average Bonchev–Trinajstić information content (AvgIpc) is 2.41. The van der Waals surface area contributed by atoms with Gasteiger partial charge in [0.1, 0.15) is 5.52 Å². The van der Waals surface area contributed by atoms with Gasteiger partial charge < -0.3 is 10.7 Å². The summed E-state index contributed by atoms with van der Waals surface area (Å²) >= 11 is 1.96. The molecule has 0 saturated carbocycles. The van der Waals surface area contributed by atoms with Crippen LogP contribution in [0, 0.1) is 3.83 Å². The standard InChI is InChI=1S/C7H8IN5O/c1-2-13-5-3(10-7(13)14)4(9)11-6(8)12-5/h2H2,1H3,(H,10,14)(H2,9,11,12). The lowest BCUT2D eigenvalue weighted by Crippen LogP contribution is -2.15. The van der Waals surface area contributed by atoms with E-state index in [2.05, 4.69) is 15.0 Å². The van der Waals surface area contributed by atoms with Gasteiger partial charge in [0.15, 0.2) is 15.3 Å². The number of nitrogens with one attached hydrogen (secondary N) is 1. The van der Waals surface area contributed by atoms with Gasteiger partial charge in [-0.05, 0) is 6.92 Å². The number of aromatic nitrogens is 4. The van der Waals surface area contributed by atoms with E-state index in [9.17, 15) is 4.79 Å². The van der Waals surface area contributed by atoms with E-state index >= 15 is 0 Å². The summed E-state index contributed by atoms with van der Waals surface area (Å²) in [6.45, 7) is 2.44. The first kappa shape index (κ1) is 9.44. The predicted octanol–water partition coefficient (Wildman–Crippen LogP) is 0.326. The summed E-state index contributed by atoms with van der Waals surface area (Å²) in [4.78, 5) is 22.2. The summed E-state index contributed by atoms with van der Waals surface area (Å²) in [5, 5.41) is 0. The van der Waals surface area contributed by atoms with Crippen molar-refractivity contribution < 1.29 is 0 Å². The first-order valence-corrected chi connectivity index (χ1v) is 5.13. The van der Waals surface area contributed by atoms with Crippen LogP contribution in [0.1, 0.15) is 6.92 Å². The third-order valence-electron chi connectivity index (χ3n) is 1.94. The molecule has 0 fully saturated rings. The Morgan fingerprint density at radius 3 is 2.93 bits per heavy atom. The molecule has 14 heavy (non-hydrogen) atoms. The number of aromatic amines is 1. The highest BCUT2D eigenvalue weighted by molar-refractivity contribution is 14.1. The van der Waals surface area contributed by atoms with Crippen molar-refractivity contribution in [1.29, 1.82) is 0 Å². The van der Waals surface area contributed by atoms with Crippen molar-refractivity contribution in [1.82, 2.24) is 19.5 Å². The van der Waals surface area contributed by atoms with Crippen LogP contribution < -0.4 is 11.4 Å². The summed E-state index contributed by atoms with van der Waals surface area (Å²) in [6, 6.07) is 0. The van der Waals surface area contributed by atoms with E-state index in [4.69, 9.17) is 5.73 Å². The van der Waals surface area contributed by atoms with Crippen molar-refractivity contribution in [2.24, 2.45) is 0 Å². The maximum atomic E-state index is 11.4. The zero-order chi connectivity index (χ0) is 10.3. The highest BCUT2D eigenvalue weighted by atomic mass is 127. The molecule has 0 spiro atoms. The Morgan fingerprint density at radius 1 is 1.57 bits per heavy atom. The molecule has 0 bridgehead atoms. The number of nitrogens with two attached hydrogens (primary N) is 1. The van der Waals surface area contributed by atoms with E-state index in [1.54, 1.807) is 0 Å². The number of imidazole rings is 1. The van der Waals surface area contributed by atoms with E-state index in [1.807, 2.05) is 29.5 Å².